The second-order valence-corrected chi connectivity index (χ2v) is 8.03. The number of thiophene rings is 1. The quantitative estimate of drug-likeness (QED) is 0.567. The minimum absolute atomic E-state index is 0.205. The average molecular weight is 432 g/mol. The van der Waals surface area contributed by atoms with E-state index in [4.69, 9.17) is 11.6 Å². The number of carbonyl (C=O) groups excluding carboxylic acids is 2. The average Bonchev–Trinajstić information content (AvgIpc) is 3.01. The third-order valence-electron chi connectivity index (χ3n) is 4.13. The standard InChI is InChI=1S/C21H19ClFN3O2S/c1-12-10-17(25-20(27)13-6-4-7-14(23)11-13)29-19(12)21(28)24-16-9-5-8-15(22)18(16)26(2)3/h4-11H,1-3H3,(H,24,28)(H,25,27). The summed E-state index contributed by atoms with van der Waals surface area (Å²) < 4.78 is 13.3. The van der Waals surface area contributed by atoms with Crippen LogP contribution in [0.25, 0.3) is 0 Å². The van der Waals surface area contributed by atoms with Crippen LogP contribution in [0.2, 0.25) is 5.02 Å². The highest BCUT2D eigenvalue weighted by Crippen LogP contribution is 2.34. The van der Waals surface area contributed by atoms with Crippen LogP contribution < -0.4 is 15.5 Å². The molecule has 2 amide bonds. The number of halogens is 2. The second kappa shape index (κ2) is 8.63. The molecule has 0 bridgehead atoms. The maximum absolute atomic E-state index is 13.3. The van der Waals surface area contributed by atoms with Gasteiger partial charge in [0.2, 0.25) is 0 Å². The van der Waals surface area contributed by atoms with Gasteiger partial charge in [-0.1, -0.05) is 23.7 Å². The first kappa shape index (κ1) is 20.8. The van der Waals surface area contributed by atoms with Crippen molar-refractivity contribution in [1.29, 1.82) is 0 Å². The van der Waals surface area contributed by atoms with E-state index in [9.17, 15) is 14.0 Å². The minimum Gasteiger partial charge on any atom is -0.375 e. The molecule has 0 aliphatic carbocycles. The van der Waals surface area contributed by atoms with Crippen LogP contribution >= 0.6 is 22.9 Å². The van der Waals surface area contributed by atoms with Gasteiger partial charge < -0.3 is 15.5 Å². The summed E-state index contributed by atoms with van der Waals surface area (Å²) >= 11 is 7.40. The lowest BCUT2D eigenvalue weighted by Crippen LogP contribution is -2.17. The van der Waals surface area contributed by atoms with E-state index in [0.717, 1.165) is 23.0 Å². The number of nitrogens with one attached hydrogen (secondary N) is 2. The van der Waals surface area contributed by atoms with Gasteiger partial charge in [0.15, 0.2) is 0 Å². The van der Waals surface area contributed by atoms with E-state index in [0.29, 0.717) is 26.3 Å². The van der Waals surface area contributed by atoms with E-state index in [1.807, 2.05) is 19.0 Å². The highest BCUT2D eigenvalue weighted by molar-refractivity contribution is 7.18. The van der Waals surface area contributed by atoms with E-state index in [1.165, 1.54) is 18.2 Å². The van der Waals surface area contributed by atoms with Crippen LogP contribution in [0.4, 0.5) is 20.8 Å². The summed E-state index contributed by atoms with van der Waals surface area (Å²) in [6.45, 7) is 1.79. The van der Waals surface area contributed by atoms with Crippen molar-refractivity contribution in [3.8, 4) is 0 Å². The smallest absolute Gasteiger partial charge is 0.266 e. The van der Waals surface area contributed by atoms with Crippen LogP contribution in [0.3, 0.4) is 0 Å². The number of carbonyl (C=O) groups is 2. The Bertz CT molecular complexity index is 1080. The molecule has 1 aromatic heterocycles. The molecule has 8 heteroatoms. The van der Waals surface area contributed by atoms with Gasteiger partial charge in [0.05, 0.1) is 26.3 Å². The molecule has 1 heterocycles. The van der Waals surface area contributed by atoms with Gasteiger partial charge in [0.25, 0.3) is 11.8 Å². The fourth-order valence-corrected chi connectivity index (χ4v) is 4.14. The molecule has 3 rings (SSSR count). The van der Waals surface area contributed by atoms with Crippen LogP contribution in [0, 0.1) is 12.7 Å². The van der Waals surface area contributed by atoms with E-state index in [1.54, 1.807) is 31.2 Å². The molecule has 0 aliphatic heterocycles. The summed E-state index contributed by atoms with van der Waals surface area (Å²) in [5, 5.41) is 6.61. The first-order valence-corrected chi connectivity index (χ1v) is 9.90. The fraction of sp³-hybridized carbons (Fsp3) is 0.143. The number of amides is 2. The number of rotatable bonds is 5. The molecule has 0 unspecified atom stereocenters. The Kier molecular flexibility index (Phi) is 6.20. The van der Waals surface area contributed by atoms with Gasteiger partial charge in [-0.05, 0) is 48.9 Å². The molecule has 150 valence electrons. The summed E-state index contributed by atoms with van der Waals surface area (Å²) in [6, 6.07) is 12.4. The molecule has 29 heavy (non-hydrogen) atoms. The first-order chi connectivity index (χ1) is 13.8. The monoisotopic (exact) mass is 431 g/mol. The summed E-state index contributed by atoms with van der Waals surface area (Å²) in [4.78, 5) is 27.4. The number of hydrogen-bond donors (Lipinski definition) is 2. The third-order valence-corrected chi connectivity index (χ3v) is 5.59. The van der Waals surface area contributed by atoms with Crippen molar-refractivity contribution in [2.45, 2.75) is 6.92 Å². The van der Waals surface area contributed by atoms with Crippen molar-refractivity contribution < 1.29 is 14.0 Å². The summed E-state index contributed by atoms with van der Waals surface area (Å²) in [7, 11) is 3.68. The van der Waals surface area contributed by atoms with Crippen molar-refractivity contribution in [2.24, 2.45) is 0 Å². The summed E-state index contributed by atoms with van der Waals surface area (Å²) in [5.74, 6) is -1.23. The molecule has 0 aliphatic rings. The van der Waals surface area contributed by atoms with Gasteiger partial charge in [-0.3, -0.25) is 9.59 Å². The Hall–Kier alpha value is -2.90. The predicted molar refractivity (Wildman–Crippen MR) is 117 cm³/mol. The number of hydrogen-bond acceptors (Lipinski definition) is 4. The number of benzene rings is 2. The third kappa shape index (κ3) is 4.75. The molecule has 2 N–H and O–H groups in total. The van der Waals surface area contributed by atoms with Crippen LogP contribution in [0.15, 0.2) is 48.5 Å². The molecular weight excluding hydrogens is 413 g/mol. The lowest BCUT2D eigenvalue weighted by molar-refractivity contribution is 0.102. The second-order valence-electron chi connectivity index (χ2n) is 6.57. The Morgan fingerprint density at radius 3 is 2.45 bits per heavy atom. The highest BCUT2D eigenvalue weighted by atomic mass is 35.5. The highest BCUT2D eigenvalue weighted by Gasteiger charge is 2.18. The SMILES string of the molecule is Cc1cc(NC(=O)c2cccc(F)c2)sc1C(=O)Nc1cccc(Cl)c1N(C)C. The lowest BCUT2D eigenvalue weighted by atomic mass is 10.2. The van der Waals surface area contributed by atoms with Crippen LogP contribution in [-0.2, 0) is 0 Å². The molecule has 5 nitrogen and oxygen atoms in total. The summed E-state index contributed by atoms with van der Waals surface area (Å²) in [5.41, 5.74) is 2.22. The number of nitrogens with zero attached hydrogens (tertiary/aromatic N) is 1. The van der Waals surface area contributed by atoms with Crippen molar-refractivity contribution in [3.63, 3.8) is 0 Å². The Balaban J connectivity index is 1.79. The molecule has 2 aromatic carbocycles. The molecule has 0 radical (unpaired) electrons. The van der Waals surface area contributed by atoms with E-state index in [2.05, 4.69) is 10.6 Å². The van der Waals surface area contributed by atoms with E-state index >= 15 is 0 Å². The molecule has 0 saturated carbocycles. The maximum Gasteiger partial charge on any atom is 0.266 e. The Morgan fingerprint density at radius 1 is 1.03 bits per heavy atom. The Morgan fingerprint density at radius 2 is 1.76 bits per heavy atom. The van der Waals surface area contributed by atoms with Crippen molar-refractivity contribution in [3.05, 3.63) is 75.4 Å². The molecule has 3 aromatic rings. The molecule has 0 atom stereocenters. The first-order valence-electron chi connectivity index (χ1n) is 8.71. The predicted octanol–water partition coefficient (Wildman–Crippen LogP) is 5.42. The van der Waals surface area contributed by atoms with Crippen molar-refractivity contribution >= 4 is 51.1 Å². The van der Waals surface area contributed by atoms with Gasteiger partial charge in [0.1, 0.15) is 5.82 Å². The number of anilines is 3. The zero-order valence-corrected chi connectivity index (χ0v) is 17.6. The van der Waals surface area contributed by atoms with E-state index < -0.39 is 11.7 Å². The zero-order valence-electron chi connectivity index (χ0n) is 16.0. The van der Waals surface area contributed by atoms with Crippen LogP contribution in [0.5, 0.6) is 0 Å². The van der Waals surface area contributed by atoms with Crippen LogP contribution in [0.1, 0.15) is 25.6 Å². The molecular formula is C21H19ClFN3O2S. The van der Waals surface area contributed by atoms with Gasteiger partial charge in [-0.2, -0.15) is 0 Å². The zero-order chi connectivity index (χ0) is 21.1. The largest absolute Gasteiger partial charge is 0.375 e. The van der Waals surface area contributed by atoms with Gasteiger partial charge in [-0.15, -0.1) is 11.3 Å². The van der Waals surface area contributed by atoms with Gasteiger partial charge in [0, 0.05) is 19.7 Å². The fourth-order valence-electron chi connectivity index (χ4n) is 2.83. The minimum atomic E-state index is -0.488. The molecule has 0 fully saturated rings. The van der Waals surface area contributed by atoms with E-state index in [-0.39, 0.29) is 11.5 Å². The molecule has 0 spiro atoms. The topological polar surface area (TPSA) is 61.4 Å². The summed E-state index contributed by atoms with van der Waals surface area (Å²) in [6.07, 6.45) is 0. The normalized spacial score (nSPS) is 10.5. The van der Waals surface area contributed by atoms with Crippen molar-refractivity contribution in [2.75, 3.05) is 29.6 Å². The van der Waals surface area contributed by atoms with Crippen LogP contribution in [-0.4, -0.2) is 25.9 Å². The van der Waals surface area contributed by atoms with Crippen molar-refractivity contribution in [1.82, 2.24) is 0 Å². The molecule has 0 saturated heterocycles. The number of aryl methyl sites for hydroxylation is 1. The van der Waals surface area contributed by atoms with Gasteiger partial charge >= 0.3 is 0 Å². The number of para-hydroxylation sites is 1. The maximum atomic E-state index is 13.3. The van der Waals surface area contributed by atoms with Gasteiger partial charge in [-0.25, -0.2) is 4.39 Å². The lowest BCUT2D eigenvalue weighted by Gasteiger charge is -2.19. The Labute approximate surface area is 177 Å².